The maximum absolute atomic E-state index is 4.32. The minimum absolute atomic E-state index is 0.724. The van der Waals surface area contributed by atoms with E-state index in [-0.39, 0.29) is 0 Å². The molecule has 0 unspecified atom stereocenters. The molecule has 1 aliphatic carbocycles. The SMILES string of the molecule is Cc1ccc(CNC2CC2)cc1-n1nnc2ccccc21. The zero-order chi connectivity index (χ0) is 14.2. The van der Waals surface area contributed by atoms with Gasteiger partial charge < -0.3 is 5.32 Å². The smallest absolute Gasteiger partial charge is 0.113 e. The van der Waals surface area contributed by atoms with Gasteiger partial charge in [-0.1, -0.05) is 29.5 Å². The number of aromatic nitrogens is 3. The molecule has 1 aromatic heterocycles. The van der Waals surface area contributed by atoms with E-state index in [9.17, 15) is 0 Å². The Morgan fingerprint density at radius 2 is 2.05 bits per heavy atom. The summed E-state index contributed by atoms with van der Waals surface area (Å²) in [7, 11) is 0. The first-order valence-electron chi connectivity index (χ1n) is 7.45. The van der Waals surface area contributed by atoms with Crippen molar-refractivity contribution in [2.75, 3.05) is 0 Å². The van der Waals surface area contributed by atoms with Gasteiger partial charge in [-0.25, -0.2) is 4.68 Å². The molecule has 1 N–H and O–H groups in total. The van der Waals surface area contributed by atoms with Gasteiger partial charge in [-0.15, -0.1) is 5.10 Å². The molecule has 0 amide bonds. The Balaban J connectivity index is 1.73. The number of para-hydroxylation sites is 1. The molecule has 0 bridgehead atoms. The molecule has 4 rings (SSSR count). The normalized spacial score (nSPS) is 14.7. The summed E-state index contributed by atoms with van der Waals surface area (Å²) in [5, 5.41) is 12.1. The molecule has 4 heteroatoms. The number of aryl methyl sites for hydroxylation is 1. The monoisotopic (exact) mass is 278 g/mol. The standard InChI is InChI=1S/C17H18N4/c1-12-6-7-13(11-18-14-8-9-14)10-17(12)21-16-5-3-2-4-15(16)19-20-21/h2-7,10,14,18H,8-9,11H2,1H3. The second kappa shape index (κ2) is 4.97. The summed E-state index contributed by atoms with van der Waals surface area (Å²) >= 11 is 0. The van der Waals surface area contributed by atoms with E-state index in [2.05, 4.69) is 46.8 Å². The lowest BCUT2D eigenvalue weighted by molar-refractivity contribution is 0.686. The van der Waals surface area contributed by atoms with Crippen LogP contribution in [-0.4, -0.2) is 21.0 Å². The van der Waals surface area contributed by atoms with Crippen molar-refractivity contribution >= 4 is 11.0 Å². The van der Waals surface area contributed by atoms with Crippen molar-refractivity contribution in [2.24, 2.45) is 0 Å². The highest BCUT2D eigenvalue weighted by molar-refractivity contribution is 5.76. The fourth-order valence-corrected chi connectivity index (χ4v) is 2.59. The van der Waals surface area contributed by atoms with Crippen LogP contribution in [0.3, 0.4) is 0 Å². The highest BCUT2D eigenvalue weighted by Gasteiger charge is 2.20. The molecule has 1 saturated carbocycles. The van der Waals surface area contributed by atoms with Crippen LogP contribution in [0.25, 0.3) is 16.7 Å². The Labute approximate surface area is 123 Å². The van der Waals surface area contributed by atoms with Crippen LogP contribution in [0.5, 0.6) is 0 Å². The molecular weight excluding hydrogens is 260 g/mol. The fourth-order valence-electron chi connectivity index (χ4n) is 2.59. The maximum atomic E-state index is 4.32. The van der Waals surface area contributed by atoms with Crippen molar-refractivity contribution < 1.29 is 0 Å². The van der Waals surface area contributed by atoms with E-state index in [1.54, 1.807) is 0 Å². The minimum atomic E-state index is 0.724. The number of fused-ring (bicyclic) bond motifs is 1. The third-order valence-corrected chi connectivity index (χ3v) is 4.03. The first-order chi connectivity index (χ1) is 10.3. The van der Waals surface area contributed by atoms with Gasteiger partial charge in [-0.2, -0.15) is 0 Å². The van der Waals surface area contributed by atoms with Gasteiger partial charge in [0.15, 0.2) is 0 Å². The fraction of sp³-hybridized carbons (Fsp3) is 0.294. The number of hydrogen-bond acceptors (Lipinski definition) is 3. The predicted octanol–water partition coefficient (Wildman–Crippen LogP) is 2.98. The summed E-state index contributed by atoms with van der Waals surface area (Å²) in [4.78, 5) is 0. The molecule has 0 spiro atoms. The molecule has 0 atom stereocenters. The van der Waals surface area contributed by atoms with Gasteiger partial charge >= 0.3 is 0 Å². The van der Waals surface area contributed by atoms with Crippen LogP contribution in [0.2, 0.25) is 0 Å². The van der Waals surface area contributed by atoms with Gasteiger partial charge in [0.1, 0.15) is 5.52 Å². The predicted molar refractivity (Wildman–Crippen MR) is 83.5 cm³/mol. The Morgan fingerprint density at radius 1 is 1.19 bits per heavy atom. The van der Waals surface area contributed by atoms with Gasteiger partial charge in [-0.3, -0.25) is 0 Å². The average molecular weight is 278 g/mol. The number of nitrogens with one attached hydrogen (secondary N) is 1. The molecule has 1 aliphatic rings. The number of nitrogens with zero attached hydrogens (tertiary/aromatic N) is 3. The molecule has 3 aromatic rings. The second-order valence-corrected chi connectivity index (χ2v) is 5.77. The third-order valence-electron chi connectivity index (χ3n) is 4.03. The Hall–Kier alpha value is -2.20. The number of benzene rings is 2. The molecular formula is C17H18N4. The highest BCUT2D eigenvalue weighted by Crippen LogP contribution is 2.22. The van der Waals surface area contributed by atoms with Crippen LogP contribution in [0, 0.1) is 6.92 Å². The van der Waals surface area contributed by atoms with Crippen molar-refractivity contribution in [3.8, 4) is 5.69 Å². The molecule has 106 valence electrons. The van der Waals surface area contributed by atoms with E-state index in [0.717, 1.165) is 29.3 Å². The Kier molecular flexibility index (Phi) is 2.97. The number of hydrogen-bond donors (Lipinski definition) is 1. The topological polar surface area (TPSA) is 42.7 Å². The van der Waals surface area contributed by atoms with E-state index >= 15 is 0 Å². The summed E-state index contributed by atoms with van der Waals surface area (Å²) in [6.45, 7) is 3.04. The molecule has 4 nitrogen and oxygen atoms in total. The van der Waals surface area contributed by atoms with Crippen molar-refractivity contribution in [1.29, 1.82) is 0 Å². The molecule has 1 heterocycles. The molecule has 0 aliphatic heterocycles. The van der Waals surface area contributed by atoms with Crippen LogP contribution < -0.4 is 5.32 Å². The molecule has 1 fully saturated rings. The lowest BCUT2D eigenvalue weighted by Crippen LogP contribution is -2.15. The summed E-state index contributed by atoms with van der Waals surface area (Å²) in [6, 6.07) is 15.4. The zero-order valence-corrected chi connectivity index (χ0v) is 12.1. The summed E-state index contributed by atoms with van der Waals surface area (Å²) in [5.41, 5.74) is 5.59. The molecule has 0 radical (unpaired) electrons. The van der Waals surface area contributed by atoms with Crippen molar-refractivity contribution in [3.05, 3.63) is 53.6 Å². The van der Waals surface area contributed by atoms with Crippen molar-refractivity contribution in [1.82, 2.24) is 20.3 Å². The van der Waals surface area contributed by atoms with E-state index in [0.29, 0.717) is 0 Å². The van der Waals surface area contributed by atoms with Gasteiger partial charge in [0.25, 0.3) is 0 Å². The lowest BCUT2D eigenvalue weighted by Gasteiger charge is -2.10. The van der Waals surface area contributed by atoms with E-state index in [1.807, 2.05) is 22.9 Å². The first kappa shape index (κ1) is 12.5. The summed E-state index contributed by atoms with van der Waals surface area (Å²) in [5.74, 6) is 0. The zero-order valence-electron chi connectivity index (χ0n) is 12.1. The van der Waals surface area contributed by atoms with E-state index in [4.69, 9.17) is 0 Å². The van der Waals surface area contributed by atoms with Gasteiger partial charge in [-0.05, 0) is 49.1 Å². The number of rotatable bonds is 4. The molecule has 21 heavy (non-hydrogen) atoms. The summed E-state index contributed by atoms with van der Waals surface area (Å²) in [6.07, 6.45) is 2.62. The van der Waals surface area contributed by atoms with Crippen LogP contribution in [-0.2, 0) is 6.54 Å². The van der Waals surface area contributed by atoms with Gasteiger partial charge in [0.2, 0.25) is 0 Å². The maximum Gasteiger partial charge on any atom is 0.113 e. The van der Waals surface area contributed by atoms with E-state index < -0.39 is 0 Å². The summed E-state index contributed by atoms with van der Waals surface area (Å²) < 4.78 is 1.94. The van der Waals surface area contributed by atoms with Crippen LogP contribution in [0.1, 0.15) is 24.0 Å². The van der Waals surface area contributed by atoms with E-state index in [1.165, 1.54) is 24.0 Å². The van der Waals surface area contributed by atoms with Crippen LogP contribution in [0.15, 0.2) is 42.5 Å². The van der Waals surface area contributed by atoms with Crippen molar-refractivity contribution in [3.63, 3.8) is 0 Å². The second-order valence-electron chi connectivity index (χ2n) is 5.77. The quantitative estimate of drug-likeness (QED) is 0.798. The van der Waals surface area contributed by atoms with Gasteiger partial charge in [0.05, 0.1) is 11.2 Å². The largest absolute Gasteiger partial charge is 0.310 e. The third kappa shape index (κ3) is 2.43. The lowest BCUT2D eigenvalue weighted by atomic mass is 10.1. The van der Waals surface area contributed by atoms with Crippen LogP contribution in [0.4, 0.5) is 0 Å². The molecule has 0 saturated heterocycles. The van der Waals surface area contributed by atoms with Crippen LogP contribution >= 0.6 is 0 Å². The Bertz CT molecular complexity index is 786. The first-order valence-corrected chi connectivity index (χ1v) is 7.45. The molecule has 2 aromatic carbocycles. The Morgan fingerprint density at radius 3 is 2.90 bits per heavy atom. The van der Waals surface area contributed by atoms with Gasteiger partial charge in [0, 0.05) is 12.6 Å². The highest BCUT2D eigenvalue weighted by atomic mass is 15.4. The van der Waals surface area contributed by atoms with Crippen molar-refractivity contribution in [2.45, 2.75) is 32.4 Å². The average Bonchev–Trinajstić information content (AvgIpc) is 3.25. The minimum Gasteiger partial charge on any atom is -0.310 e.